The van der Waals surface area contributed by atoms with E-state index in [4.69, 9.17) is 14.2 Å². The summed E-state index contributed by atoms with van der Waals surface area (Å²) >= 11 is 0. The highest BCUT2D eigenvalue weighted by atomic mass is 16.6. The molecule has 0 radical (unpaired) electrons. The molecule has 1 aromatic carbocycles. The third kappa shape index (κ3) is 8.98. The van der Waals surface area contributed by atoms with Crippen molar-refractivity contribution in [2.75, 3.05) is 27.2 Å². The zero-order valence-electron chi connectivity index (χ0n) is 21.5. The number of ether oxygens (including phenoxy) is 3. The number of esters is 2. The van der Waals surface area contributed by atoms with Gasteiger partial charge in [0, 0.05) is 18.8 Å². The highest BCUT2D eigenvalue weighted by Crippen LogP contribution is 2.43. The van der Waals surface area contributed by atoms with Crippen molar-refractivity contribution in [3.05, 3.63) is 23.8 Å². The van der Waals surface area contributed by atoms with Crippen LogP contribution in [0.4, 0.5) is 0 Å². The number of rotatable bonds is 14. The Morgan fingerprint density at radius 2 is 2.06 bits per heavy atom. The van der Waals surface area contributed by atoms with Gasteiger partial charge in [-0.2, -0.15) is 0 Å². The maximum atomic E-state index is 12.7. The molecular formula is C26H42N2O7. The minimum Gasteiger partial charge on any atom is -0.504 e. The summed E-state index contributed by atoms with van der Waals surface area (Å²) < 4.78 is 17.0. The number of phenolic OH excluding ortho intramolecular Hbond substituents is 1. The first-order valence-electron chi connectivity index (χ1n) is 12.5. The second kappa shape index (κ2) is 14.3. The lowest BCUT2D eigenvalue weighted by Crippen LogP contribution is -2.53. The Balaban J connectivity index is 2.43. The maximum Gasteiger partial charge on any atom is 0.320 e. The Bertz CT molecular complexity index is 819. The normalized spacial score (nSPS) is 21.7. The van der Waals surface area contributed by atoms with Gasteiger partial charge in [0.05, 0.1) is 13.7 Å². The zero-order chi connectivity index (χ0) is 25.8. The number of aliphatic hydroxyl groups excluding tert-OH is 1. The summed E-state index contributed by atoms with van der Waals surface area (Å²) in [6.45, 7) is 4.10. The van der Waals surface area contributed by atoms with Crippen LogP contribution in [-0.4, -0.2) is 67.8 Å². The third-order valence-corrected chi connectivity index (χ3v) is 6.62. The van der Waals surface area contributed by atoms with Crippen LogP contribution in [0.5, 0.6) is 11.5 Å². The standard InChI is InChI=1S/C26H42N2O7/c1-5-6-7-8-20(34-18(2)29)14-23(35-25(32)17-27-3)26(11-12-28-24(31)16-26)15-19-9-10-21(30)22(13-19)33-4/h9-10,13,20,23-24,27-28,30-31H,5-8,11-12,14-17H2,1-4H3. The number of aliphatic hydroxyl groups is 1. The number of benzene rings is 1. The van der Waals surface area contributed by atoms with Gasteiger partial charge in [-0.1, -0.05) is 25.8 Å². The fourth-order valence-corrected chi connectivity index (χ4v) is 4.94. The molecule has 4 N–H and O–H groups in total. The summed E-state index contributed by atoms with van der Waals surface area (Å²) in [4.78, 5) is 24.5. The Kier molecular flexibility index (Phi) is 11.8. The van der Waals surface area contributed by atoms with Crippen molar-refractivity contribution >= 4 is 11.9 Å². The fourth-order valence-electron chi connectivity index (χ4n) is 4.94. The largest absolute Gasteiger partial charge is 0.504 e. The molecule has 0 aliphatic carbocycles. The van der Waals surface area contributed by atoms with E-state index in [1.54, 1.807) is 19.2 Å². The number of aromatic hydroxyl groups is 1. The first kappa shape index (κ1) is 28.9. The SMILES string of the molecule is CCCCCC(CC(OC(=O)CNC)C1(Cc2ccc(O)c(OC)c2)CCNC(O)C1)OC(C)=O. The van der Waals surface area contributed by atoms with E-state index in [1.807, 2.05) is 6.07 Å². The quantitative estimate of drug-likeness (QED) is 0.228. The van der Waals surface area contributed by atoms with Gasteiger partial charge in [-0.3, -0.25) is 14.9 Å². The highest BCUT2D eigenvalue weighted by molar-refractivity contribution is 5.72. The molecule has 1 saturated heterocycles. The van der Waals surface area contributed by atoms with Gasteiger partial charge in [0.1, 0.15) is 18.4 Å². The van der Waals surface area contributed by atoms with E-state index >= 15 is 0 Å². The van der Waals surface area contributed by atoms with Crippen molar-refractivity contribution in [1.82, 2.24) is 10.6 Å². The number of hydrogen-bond donors (Lipinski definition) is 4. The molecular weight excluding hydrogens is 452 g/mol. The first-order valence-corrected chi connectivity index (χ1v) is 12.5. The Labute approximate surface area is 208 Å². The number of phenols is 1. The minimum atomic E-state index is -0.763. The lowest BCUT2D eigenvalue weighted by Gasteiger charge is -2.45. The Morgan fingerprint density at radius 1 is 1.29 bits per heavy atom. The van der Waals surface area contributed by atoms with Gasteiger partial charge < -0.3 is 29.7 Å². The van der Waals surface area contributed by atoms with Crippen molar-refractivity contribution in [3.8, 4) is 11.5 Å². The number of carbonyl (C=O) groups excluding carboxylic acids is 2. The molecule has 4 atom stereocenters. The van der Waals surface area contributed by atoms with Crippen LogP contribution in [0.15, 0.2) is 18.2 Å². The van der Waals surface area contributed by atoms with Gasteiger partial charge >= 0.3 is 11.9 Å². The minimum absolute atomic E-state index is 0.0403. The van der Waals surface area contributed by atoms with Crippen molar-refractivity contribution in [2.24, 2.45) is 5.41 Å². The van der Waals surface area contributed by atoms with Gasteiger partial charge in [-0.15, -0.1) is 0 Å². The second-order valence-electron chi connectivity index (χ2n) is 9.44. The maximum absolute atomic E-state index is 12.7. The van der Waals surface area contributed by atoms with Gasteiger partial charge in [0.2, 0.25) is 0 Å². The van der Waals surface area contributed by atoms with E-state index in [0.717, 1.165) is 24.8 Å². The second-order valence-corrected chi connectivity index (χ2v) is 9.44. The summed E-state index contributed by atoms with van der Waals surface area (Å²) in [6, 6.07) is 5.15. The molecule has 2 rings (SSSR count). The molecule has 0 aromatic heterocycles. The topological polar surface area (TPSA) is 126 Å². The van der Waals surface area contributed by atoms with Crippen LogP contribution in [0.3, 0.4) is 0 Å². The average molecular weight is 495 g/mol. The first-order chi connectivity index (χ1) is 16.7. The lowest BCUT2D eigenvalue weighted by atomic mass is 9.68. The molecule has 1 fully saturated rings. The molecule has 0 spiro atoms. The summed E-state index contributed by atoms with van der Waals surface area (Å²) in [7, 11) is 3.17. The third-order valence-electron chi connectivity index (χ3n) is 6.62. The van der Waals surface area contributed by atoms with Gasteiger partial charge in [-0.05, 0) is 63.4 Å². The number of methoxy groups -OCH3 is 1. The van der Waals surface area contributed by atoms with Crippen molar-refractivity contribution in [1.29, 1.82) is 0 Å². The van der Waals surface area contributed by atoms with Gasteiger partial charge in [-0.25, -0.2) is 0 Å². The van der Waals surface area contributed by atoms with Crippen molar-refractivity contribution in [2.45, 2.75) is 83.6 Å². The van der Waals surface area contributed by atoms with Crippen molar-refractivity contribution in [3.63, 3.8) is 0 Å². The molecule has 4 unspecified atom stereocenters. The van der Waals surface area contributed by atoms with Gasteiger partial charge in [0.25, 0.3) is 0 Å². The van der Waals surface area contributed by atoms with E-state index < -0.39 is 29.8 Å². The van der Waals surface area contributed by atoms with Crippen LogP contribution in [0, 0.1) is 5.41 Å². The predicted molar refractivity (Wildman–Crippen MR) is 132 cm³/mol. The number of unbranched alkanes of at least 4 members (excludes halogenated alkanes) is 2. The van der Waals surface area contributed by atoms with Crippen LogP contribution < -0.4 is 15.4 Å². The van der Waals surface area contributed by atoms with Gasteiger partial charge in [0.15, 0.2) is 11.5 Å². The molecule has 0 saturated carbocycles. The molecule has 1 aromatic rings. The van der Waals surface area contributed by atoms with Crippen LogP contribution in [-0.2, 0) is 25.5 Å². The van der Waals surface area contributed by atoms with E-state index in [2.05, 4.69) is 17.6 Å². The molecule has 1 aliphatic heterocycles. The molecule has 198 valence electrons. The molecule has 0 bridgehead atoms. The van der Waals surface area contributed by atoms with Crippen LogP contribution in [0.25, 0.3) is 0 Å². The average Bonchev–Trinajstić information content (AvgIpc) is 2.79. The van der Waals surface area contributed by atoms with E-state index in [1.165, 1.54) is 14.0 Å². The number of hydrogen-bond acceptors (Lipinski definition) is 9. The predicted octanol–water partition coefficient (Wildman–Crippen LogP) is 2.66. The molecule has 9 nitrogen and oxygen atoms in total. The molecule has 0 amide bonds. The van der Waals surface area contributed by atoms with E-state index in [-0.39, 0.29) is 18.3 Å². The number of carbonyl (C=O) groups is 2. The van der Waals surface area contributed by atoms with E-state index in [0.29, 0.717) is 44.4 Å². The lowest BCUT2D eigenvalue weighted by molar-refractivity contribution is -0.166. The molecule has 35 heavy (non-hydrogen) atoms. The molecule has 1 aliphatic rings. The summed E-state index contributed by atoms with van der Waals surface area (Å²) in [5.41, 5.74) is 0.276. The Morgan fingerprint density at radius 3 is 2.69 bits per heavy atom. The summed E-state index contributed by atoms with van der Waals surface area (Å²) in [5.74, 6) is -0.371. The zero-order valence-corrected chi connectivity index (χ0v) is 21.5. The summed E-state index contributed by atoms with van der Waals surface area (Å²) in [6.07, 6.45) is 3.72. The van der Waals surface area contributed by atoms with Crippen LogP contribution in [0.1, 0.15) is 64.4 Å². The van der Waals surface area contributed by atoms with E-state index in [9.17, 15) is 19.8 Å². The number of nitrogens with one attached hydrogen (secondary N) is 2. The Hall–Kier alpha value is -2.36. The summed E-state index contributed by atoms with van der Waals surface area (Å²) in [5, 5.41) is 26.5. The van der Waals surface area contributed by atoms with Crippen molar-refractivity contribution < 1.29 is 34.0 Å². The smallest absolute Gasteiger partial charge is 0.320 e. The number of likely N-dealkylation sites (N-methyl/N-ethyl adjacent to an activating group) is 1. The number of piperidine rings is 1. The molecule has 1 heterocycles. The highest BCUT2D eigenvalue weighted by Gasteiger charge is 2.46. The van der Waals surface area contributed by atoms with Crippen LogP contribution in [0.2, 0.25) is 0 Å². The van der Waals surface area contributed by atoms with Crippen LogP contribution >= 0.6 is 0 Å². The fraction of sp³-hybridized carbons (Fsp3) is 0.692. The molecule has 9 heteroatoms. The monoisotopic (exact) mass is 494 g/mol.